The van der Waals surface area contributed by atoms with Gasteiger partial charge in [0, 0.05) is 18.0 Å². The Bertz CT molecular complexity index is 197. The number of piperidine rings is 1. The van der Waals surface area contributed by atoms with Crippen molar-refractivity contribution in [3.63, 3.8) is 0 Å². The summed E-state index contributed by atoms with van der Waals surface area (Å²) >= 11 is 5.79. The number of halogens is 1. The van der Waals surface area contributed by atoms with Gasteiger partial charge in [-0.15, -0.1) is 11.6 Å². The van der Waals surface area contributed by atoms with Crippen molar-refractivity contribution in [2.75, 3.05) is 32.6 Å². The Hall–Kier alpha value is 0.210. The van der Waals surface area contributed by atoms with Crippen molar-refractivity contribution in [2.24, 2.45) is 0 Å². The molecule has 0 saturated carbocycles. The van der Waals surface area contributed by atoms with Crippen LogP contribution >= 0.6 is 11.6 Å². The van der Waals surface area contributed by atoms with Crippen LogP contribution in [-0.4, -0.2) is 54.4 Å². The number of hydrogen-bond acceptors (Lipinski definition) is 2. The van der Waals surface area contributed by atoms with Crippen molar-refractivity contribution in [3.8, 4) is 0 Å². The van der Waals surface area contributed by atoms with Crippen LogP contribution in [0.4, 0.5) is 0 Å². The summed E-state index contributed by atoms with van der Waals surface area (Å²) in [6.07, 6.45) is 6.61. The van der Waals surface area contributed by atoms with Gasteiger partial charge in [-0.3, -0.25) is 0 Å². The van der Waals surface area contributed by atoms with Gasteiger partial charge in [0.25, 0.3) is 0 Å². The lowest BCUT2D eigenvalue weighted by molar-refractivity contribution is 0.142. The van der Waals surface area contributed by atoms with Crippen LogP contribution in [0.15, 0.2) is 0 Å². The highest BCUT2D eigenvalue weighted by Crippen LogP contribution is 2.18. The topological polar surface area (TPSA) is 6.48 Å². The summed E-state index contributed by atoms with van der Waals surface area (Å²) in [4.78, 5) is 5.12. The van der Waals surface area contributed by atoms with Crippen molar-refractivity contribution < 1.29 is 0 Å². The maximum atomic E-state index is 5.79. The summed E-state index contributed by atoms with van der Waals surface area (Å²) in [5.74, 6) is 0.784. The first-order valence-electron chi connectivity index (χ1n) is 7.15. The second-order valence-corrected chi connectivity index (χ2v) is 5.97. The number of alkyl halides is 1. The molecule has 0 aromatic carbocycles. The van der Waals surface area contributed by atoms with Gasteiger partial charge in [0.1, 0.15) is 0 Å². The van der Waals surface area contributed by atoms with Crippen LogP contribution in [-0.2, 0) is 0 Å². The quantitative estimate of drug-likeness (QED) is 0.649. The predicted octanol–water partition coefficient (Wildman–Crippen LogP) is 3.20. The second kappa shape index (κ2) is 8.34. The van der Waals surface area contributed by atoms with Crippen molar-refractivity contribution in [1.29, 1.82) is 0 Å². The summed E-state index contributed by atoms with van der Waals surface area (Å²) in [5.41, 5.74) is 0. The van der Waals surface area contributed by atoms with Gasteiger partial charge in [0.05, 0.1) is 0 Å². The Morgan fingerprint density at radius 2 is 2.06 bits per heavy atom. The highest BCUT2D eigenvalue weighted by molar-refractivity contribution is 6.17. The zero-order valence-electron chi connectivity index (χ0n) is 11.8. The Kier molecular flexibility index (Phi) is 7.49. The highest BCUT2D eigenvalue weighted by atomic mass is 35.5. The van der Waals surface area contributed by atoms with Crippen LogP contribution in [0.1, 0.15) is 46.0 Å². The van der Waals surface area contributed by atoms with Crippen molar-refractivity contribution in [2.45, 2.75) is 58.0 Å². The van der Waals surface area contributed by atoms with Crippen LogP contribution in [0.25, 0.3) is 0 Å². The summed E-state index contributed by atoms with van der Waals surface area (Å²) in [6, 6.07) is 1.45. The van der Waals surface area contributed by atoms with E-state index in [1.54, 1.807) is 0 Å². The molecule has 0 amide bonds. The molecule has 0 aromatic heterocycles. The molecule has 1 rings (SSSR count). The van der Waals surface area contributed by atoms with Gasteiger partial charge in [-0.1, -0.05) is 6.42 Å². The van der Waals surface area contributed by atoms with E-state index >= 15 is 0 Å². The molecule has 102 valence electrons. The van der Waals surface area contributed by atoms with Gasteiger partial charge in [0.15, 0.2) is 0 Å². The van der Waals surface area contributed by atoms with E-state index in [0.29, 0.717) is 6.04 Å². The molecule has 0 aromatic rings. The fourth-order valence-corrected chi connectivity index (χ4v) is 2.83. The molecule has 1 unspecified atom stereocenters. The van der Waals surface area contributed by atoms with E-state index in [-0.39, 0.29) is 0 Å². The van der Waals surface area contributed by atoms with E-state index in [2.05, 4.69) is 30.7 Å². The van der Waals surface area contributed by atoms with Gasteiger partial charge in [-0.05, 0) is 66.2 Å². The molecule has 1 heterocycles. The standard InChI is InChI=1S/C14H29ClN2/c1-13(2)17(11-6-9-15)12-8-14-7-4-5-10-16(14)3/h13-14H,4-12H2,1-3H3. The van der Waals surface area contributed by atoms with Gasteiger partial charge in [-0.2, -0.15) is 0 Å². The summed E-state index contributed by atoms with van der Waals surface area (Å²) < 4.78 is 0. The first kappa shape index (κ1) is 15.3. The first-order chi connectivity index (χ1) is 8.15. The van der Waals surface area contributed by atoms with Crippen LogP contribution in [0, 0.1) is 0 Å². The van der Waals surface area contributed by atoms with Gasteiger partial charge >= 0.3 is 0 Å². The maximum Gasteiger partial charge on any atom is 0.0235 e. The first-order valence-corrected chi connectivity index (χ1v) is 7.69. The Morgan fingerprint density at radius 1 is 1.29 bits per heavy atom. The van der Waals surface area contributed by atoms with E-state index in [4.69, 9.17) is 11.6 Å². The van der Waals surface area contributed by atoms with Crippen LogP contribution < -0.4 is 0 Å². The fourth-order valence-electron chi connectivity index (χ4n) is 2.71. The number of likely N-dealkylation sites (tertiary alicyclic amines) is 1. The third kappa shape index (κ3) is 5.58. The average molecular weight is 261 g/mol. The molecule has 0 N–H and O–H groups in total. The molecule has 1 aliphatic heterocycles. The average Bonchev–Trinajstić information content (AvgIpc) is 2.31. The third-order valence-corrected chi connectivity index (χ3v) is 4.25. The molecule has 0 radical (unpaired) electrons. The minimum Gasteiger partial charge on any atom is -0.303 e. The van der Waals surface area contributed by atoms with Crippen LogP contribution in [0.2, 0.25) is 0 Å². The zero-order valence-corrected chi connectivity index (χ0v) is 12.5. The van der Waals surface area contributed by atoms with Crippen LogP contribution in [0.3, 0.4) is 0 Å². The number of rotatable bonds is 7. The minimum atomic E-state index is 0.645. The molecule has 1 atom stereocenters. The highest BCUT2D eigenvalue weighted by Gasteiger charge is 2.20. The molecule has 17 heavy (non-hydrogen) atoms. The lowest BCUT2D eigenvalue weighted by Crippen LogP contribution is -2.40. The molecule has 1 aliphatic rings. The Balaban J connectivity index is 2.29. The molecule has 0 bridgehead atoms. The number of nitrogens with zero attached hydrogens (tertiary/aromatic N) is 2. The van der Waals surface area contributed by atoms with E-state index < -0.39 is 0 Å². The molecule has 0 aliphatic carbocycles. The molecular weight excluding hydrogens is 232 g/mol. The van der Waals surface area contributed by atoms with Crippen molar-refractivity contribution in [1.82, 2.24) is 9.80 Å². The molecule has 3 heteroatoms. The molecule has 0 spiro atoms. The zero-order chi connectivity index (χ0) is 12.7. The van der Waals surface area contributed by atoms with Crippen LogP contribution in [0.5, 0.6) is 0 Å². The normalized spacial score (nSPS) is 22.6. The van der Waals surface area contributed by atoms with Gasteiger partial charge < -0.3 is 9.80 Å². The molecule has 2 nitrogen and oxygen atoms in total. The summed E-state index contributed by atoms with van der Waals surface area (Å²) in [6.45, 7) is 8.24. The lowest BCUT2D eigenvalue weighted by atomic mass is 10.00. The van der Waals surface area contributed by atoms with E-state index in [1.807, 2.05) is 0 Å². The maximum absolute atomic E-state index is 5.79. The summed E-state index contributed by atoms with van der Waals surface area (Å²) in [5, 5.41) is 0. The third-order valence-electron chi connectivity index (χ3n) is 3.98. The largest absolute Gasteiger partial charge is 0.303 e. The van der Waals surface area contributed by atoms with E-state index in [9.17, 15) is 0 Å². The smallest absolute Gasteiger partial charge is 0.0235 e. The fraction of sp³-hybridized carbons (Fsp3) is 1.00. The number of hydrogen-bond donors (Lipinski definition) is 0. The predicted molar refractivity (Wildman–Crippen MR) is 76.9 cm³/mol. The lowest BCUT2D eigenvalue weighted by Gasteiger charge is -2.35. The Labute approximate surface area is 112 Å². The van der Waals surface area contributed by atoms with Gasteiger partial charge in [0.2, 0.25) is 0 Å². The van der Waals surface area contributed by atoms with Gasteiger partial charge in [-0.25, -0.2) is 0 Å². The molecule has 1 saturated heterocycles. The second-order valence-electron chi connectivity index (χ2n) is 5.59. The summed E-state index contributed by atoms with van der Waals surface area (Å²) in [7, 11) is 2.28. The minimum absolute atomic E-state index is 0.645. The molecular formula is C14H29ClN2. The van der Waals surface area contributed by atoms with E-state index in [1.165, 1.54) is 38.8 Å². The van der Waals surface area contributed by atoms with Crippen molar-refractivity contribution in [3.05, 3.63) is 0 Å². The van der Waals surface area contributed by atoms with E-state index in [0.717, 1.165) is 24.9 Å². The molecule has 1 fully saturated rings. The van der Waals surface area contributed by atoms with Crippen molar-refractivity contribution >= 4 is 11.6 Å². The SMILES string of the molecule is CC(C)N(CCCCl)CCC1CCCCN1C. The Morgan fingerprint density at radius 3 is 2.65 bits per heavy atom. The monoisotopic (exact) mass is 260 g/mol.